The molecule has 96 valence electrons. The third kappa shape index (κ3) is 4.68. The Morgan fingerprint density at radius 2 is 2.24 bits per heavy atom. The number of pyridine rings is 1. The first-order valence-corrected chi connectivity index (χ1v) is 7.02. The molecule has 0 atom stereocenters. The second-order valence-electron chi connectivity index (χ2n) is 3.39. The smallest absolute Gasteiger partial charge is 0.179 e. The Balaban J connectivity index is 2.59. The molecule has 7 heteroatoms. The number of sulfone groups is 1. The standard InChI is InChI=1S/C10H16N2O4S/c1-17(14,15)9-3-2-4-11-10(9)12-5-7-16-8-6-13/h2-4,13H,5-8H2,1H3,(H,11,12). The van der Waals surface area contributed by atoms with Crippen LogP contribution in [-0.2, 0) is 14.6 Å². The third-order valence-corrected chi connectivity index (χ3v) is 3.07. The average Bonchev–Trinajstić information content (AvgIpc) is 2.28. The first kappa shape index (κ1) is 13.9. The van der Waals surface area contributed by atoms with E-state index in [-0.39, 0.29) is 18.1 Å². The largest absolute Gasteiger partial charge is 0.394 e. The van der Waals surface area contributed by atoms with Gasteiger partial charge in [-0.15, -0.1) is 0 Å². The van der Waals surface area contributed by atoms with Crippen LogP contribution in [0.4, 0.5) is 5.82 Å². The maximum Gasteiger partial charge on any atom is 0.179 e. The van der Waals surface area contributed by atoms with Crippen molar-refractivity contribution in [3.63, 3.8) is 0 Å². The molecule has 0 amide bonds. The summed E-state index contributed by atoms with van der Waals surface area (Å²) < 4.78 is 27.9. The van der Waals surface area contributed by atoms with Gasteiger partial charge in [0.1, 0.15) is 10.7 Å². The summed E-state index contributed by atoms with van der Waals surface area (Å²) in [4.78, 5) is 4.14. The van der Waals surface area contributed by atoms with Gasteiger partial charge in [-0.1, -0.05) is 0 Å². The van der Waals surface area contributed by atoms with Gasteiger partial charge >= 0.3 is 0 Å². The lowest BCUT2D eigenvalue weighted by Gasteiger charge is -2.09. The molecule has 0 bridgehead atoms. The molecule has 6 nitrogen and oxygen atoms in total. The number of hydrogen-bond donors (Lipinski definition) is 2. The Kier molecular flexibility index (Phi) is 5.33. The Morgan fingerprint density at radius 1 is 1.47 bits per heavy atom. The molecule has 0 fully saturated rings. The van der Waals surface area contributed by atoms with Gasteiger partial charge in [0, 0.05) is 19.0 Å². The first-order chi connectivity index (χ1) is 8.05. The van der Waals surface area contributed by atoms with E-state index in [4.69, 9.17) is 9.84 Å². The molecule has 1 aromatic heterocycles. The van der Waals surface area contributed by atoms with Crippen molar-refractivity contribution in [1.82, 2.24) is 4.98 Å². The van der Waals surface area contributed by atoms with Gasteiger partial charge in [0.15, 0.2) is 9.84 Å². The van der Waals surface area contributed by atoms with Crippen LogP contribution < -0.4 is 5.32 Å². The SMILES string of the molecule is CS(=O)(=O)c1cccnc1NCCOCCO. The quantitative estimate of drug-likeness (QED) is 0.666. The fourth-order valence-corrected chi connectivity index (χ4v) is 2.03. The van der Waals surface area contributed by atoms with Gasteiger partial charge in [-0.2, -0.15) is 0 Å². The van der Waals surface area contributed by atoms with Gasteiger partial charge in [-0.05, 0) is 12.1 Å². The van der Waals surface area contributed by atoms with Crippen molar-refractivity contribution in [2.75, 3.05) is 37.9 Å². The molecule has 1 rings (SSSR count). The molecule has 1 aromatic rings. The normalized spacial score (nSPS) is 11.4. The number of rotatable bonds is 7. The van der Waals surface area contributed by atoms with Crippen LogP contribution in [0.5, 0.6) is 0 Å². The number of nitrogens with one attached hydrogen (secondary N) is 1. The molecular weight excluding hydrogens is 244 g/mol. The lowest BCUT2D eigenvalue weighted by atomic mass is 10.4. The summed E-state index contributed by atoms with van der Waals surface area (Å²) in [5, 5.41) is 11.4. The molecule has 0 aliphatic carbocycles. The molecule has 0 aromatic carbocycles. The predicted octanol–water partition coefficient (Wildman–Crippen LogP) is -0.0941. The highest BCUT2D eigenvalue weighted by molar-refractivity contribution is 7.90. The topological polar surface area (TPSA) is 88.5 Å². The highest BCUT2D eigenvalue weighted by Crippen LogP contribution is 2.17. The highest BCUT2D eigenvalue weighted by Gasteiger charge is 2.13. The van der Waals surface area contributed by atoms with Crippen LogP contribution in [0.15, 0.2) is 23.2 Å². The van der Waals surface area contributed by atoms with Crippen LogP contribution in [0.2, 0.25) is 0 Å². The van der Waals surface area contributed by atoms with E-state index in [1.54, 1.807) is 6.07 Å². The first-order valence-electron chi connectivity index (χ1n) is 5.13. The van der Waals surface area contributed by atoms with Gasteiger partial charge in [0.2, 0.25) is 0 Å². The zero-order valence-electron chi connectivity index (χ0n) is 9.59. The predicted molar refractivity (Wildman–Crippen MR) is 63.7 cm³/mol. The molecular formula is C10H16N2O4S. The minimum atomic E-state index is -3.29. The zero-order chi connectivity index (χ0) is 12.7. The lowest BCUT2D eigenvalue weighted by molar-refractivity contribution is 0.0991. The fraction of sp³-hybridized carbons (Fsp3) is 0.500. The molecule has 0 saturated carbocycles. The van der Waals surface area contributed by atoms with Crippen LogP contribution in [0.25, 0.3) is 0 Å². The van der Waals surface area contributed by atoms with Crippen LogP contribution in [0, 0.1) is 0 Å². The Labute approximate surface area is 101 Å². The average molecular weight is 260 g/mol. The van der Waals surface area contributed by atoms with E-state index in [0.29, 0.717) is 19.0 Å². The van der Waals surface area contributed by atoms with Crippen molar-refractivity contribution in [2.45, 2.75) is 4.90 Å². The number of aliphatic hydroxyl groups excluding tert-OH is 1. The molecule has 2 N–H and O–H groups in total. The van der Waals surface area contributed by atoms with Crippen LogP contribution in [0.3, 0.4) is 0 Å². The number of nitrogens with zero attached hydrogens (tertiary/aromatic N) is 1. The zero-order valence-corrected chi connectivity index (χ0v) is 10.4. The van der Waals surface area contributed by atoms with Gasteiger partial charge in [-0.25, -0.2) is 13.4 Å². The molecule has 0 aliphatic rings. The van der Waals surface area contributed by atoms with Crippen molar-refractivity contribution in [1.29, 1.82) is 0 Å². The third-order valence-electron chi connectivity index (χ3n) is 1.94. The molecule has 1 heterocycles. The Hall–Kier alpha value is -1.18. The summed E-state index contributed by atoms with van der Waals surface area (Å²) in [5.41, 5.74) is 0. The monoisotopic (exact) mass is 260 g/mol. The molecule has 17 heavy (non-hydrogen) atoms. The van der Waals surface area contributed by atoms with E-state index in [1.807, 2.05) is 0 Å². The van der Waals surface area contributed by atoms with Crippen molar-refractivity contribution in [3.05, 3.63) is 18.3 Å². The number of anilines is 1. The highest BCUT2D eigenvalue weighted by atomic mass is 32.2. The molecule has 0 radical (unpaired) electrons. The van der Waals surface area contributed by atoms with Gasteiger partial charge in [0.05, 0.1) is 19.8 Å². The molecule has 0 spiro atoms. The lowest BCUT2D eigenvalue weighted by Crippen LogP contribution is -2.14. The number of ether oxygens (including phenoxy) is 1. The van der Waals surface area contributed by atoms with Crippen LogP contribution in [0.1, 0.15) is 0 Å². The summed E-state index contributed by atoms with van der Waals surface area (Å²) in [6, 6.07) is 3.07. The fourth-order valence-electron chi connectivity index (χ4n) is 1.23. The van der Waals surface area contributed by atoms with E-state index in [2.05, 4.69) is 10.3 Å². The van der Waals surface area contributed by atoms with Crippen molar-refractivity contribution >= 4 is 15.7 Å². The Morgan fingerprint density at radius 3 is 2.88 bits per heavy atom. The maximum atomic E-state index is 11.4. The number of aromatic nitrogens is 1. The Bertz CT molecular complexity index is 447. The van der Waals surface area contributed by atoms with E-state index >= 15 is 0 Å². The van der Waals surface area contributed by atoms with Gasteiger partial charge in [-0.3, -0.25) is 0 Å². The molecule has 0 saturated heterocycles. The number of hydrogen-bond acceptors (Lipinski definition) is 6. The molecule has 0 unspecified atom stereocenters. The molecule has 0 aliphatic heterocycles. The van der Waals surface area contributed by atoms with Gasteiger partial charge in [0.25, 0.3) is 0 Å². The second kappa shape index (κ2) is 6.53. The summed E-state index contributed by atoms with van der Waals surface area (Å²) in [6.07, 6.45) is 2.66. The van der Waals surface area contributed by atoms with Gasteiger partial charge < -0.3 is 15.2 Å². The van der Waals surface area contributed by atoms with Crippen molar-refractivity contribution in [2.24, 2.45) is 0 Å². The van der Waals surface area contributed by atoms with E-state index in [0.717, 1.165) is 6.26 Å². The summed E-state index contributed by atoms with van der Waals surface area (Å²) in [7, 11) is -3.29. The summed E-state index contributed by atoms with van der Waals surface area (Å²) in [5.74, 6) is 0.322. The summed E-state index contributed by atoms with van der Waals surface area (Å²) in [6.45, 7) is 1.04. The minimum Gasteiger partial charge on any atom is -0.394 e. The van der Waals surface area contributed by atoms with E-state index in [1.165, 1.54) is 12.3 Å². The summed E-state index contributed by atoms with van der Waals surface area (Å²) >= 11 is 0. The second-order valence-corrected chi connectivity index (χ2v) is 5.37. The van der Waals surface area contributed by atoms with E-state index < -0.39 is 9.84 Å². The maximum absolute atomic E-state index is 11.4. The van der Waals surface area contributed by atoms with Crippen LogP contribution in [-0.4, -0.2) is 51.1 Å². The number of aliphatic hydroxyl groups is 1. The van der Waals surface area contributed by atoms with E-state index in [9.17, 15) is 8.42 Å². The van der Waals surface area contributed by atoms with Crippen molar-refractivity contribution in [3.8, 4) is 0 Å². The minimum absolute atomic E-state index is 0.0296. The van der Waals surface area contributed by atoms with Crippen molar-refractivity contribution < 1.29 is 18.3 Å². The van der Waals surface area contributed by atoms with Crippen LogP contribution >= 0.6 is 0 Å².